The van der Waals surface area contributed by atoms with Crippen molar-refractivity contribution >= 4 is 17.6 Å². The standard InChI is InChI=1S/C14H19N5O4/c15-14(16)17-12(18-7-1-2-8-18)13(20)23-9-10-3-5-11(6-4-10)19(21)22/h3-6,12H,1-2,7-9H2,(H4,15,16,17). The van der Waals surface area contributed by atoms with E-state index in [1.165, 1.54) is 24.3 Å². The normalized spacial score (nSPS) is 15.8. The third kappa shape index (κ3) is 4.65. The molecule has 1 unspecified atom stereocenters. The van der Waals surface area contributed by atoms with Crippen molar-refractivity contribution < 1.29 is 14.5 Å². The lowest BCUT2D eigenvalue weighted by Gasteiger charge is -2.22. The lowest BCUT2D eigenvalue weighted by atomic mass is 10.2. The van der Waals surface area contributed by atoms with Crippen LogP contribution in [0.25, 0.3) is 0 Å². The first-order chi connectivity index (χ1) is 11.0. The van der Waals surface area contributed by atoms with Crippen LogP contribution in [0.4, 0.5) is 5.69 Å². The van der Waals surface area contributed by atoms with Gasteiger partial charge >= 0.3 is 5.97 Å². The van der Waals surface area contributed by atoms with Gasteiger partial charge in [0.2, 0.25) is 6.17 Å². The van der Waals surface area contributed by atoms with Gasteiger partial charge in [0.15, 0.2) is 5.96 Å². The van der Waals surface area contributed by atoms with Crippen LogP contribution in [-0.4, -0.2) is 41.0 Å². The third-order valence-electron chi connectivity index (χ3n) is 3.50. The van der Waals surface area contributed by atoms with Crippen LogP contribution >= 0.6 is 0 Å². The van der Waals surface area contributed by atoms with E-state index in [1.807, 2.05) is 4.90 Å². The van der Waals surface area contributed by atoms with Gasteiger partial charge < -0.3 is 16.2 Å². The topological polar surface area (TPSA) is 137 Å². The van der Waals surface area contributed by atoms with Crippen LogP contribution in [0.5, 0.6) is 0 Å². The van der Waals surface area contributed by atoms with Crippen molar-refractivity contribution in [3.05, 3.63) is 39.9 Å². The summed E-state index contributed by atoms with van der Waals surface area (Å²) in [4.78, 5) is 28.1. The Morgan fingerprint density at radius 3 is 2.43 bits per heavy atom. The van der Waals surface area contributed by atoms with Crippen molar-refractivity contribution in [3.8, 4) is 0 Å². The second kappa shape index (κ2) is 7.54. The van der Waals surface area contributed by atoms with Crippen LogP contribution in [0, 0.1) is 10.1 Å². The van der Waals surface area contributed by atoms with E-state index in [1.54, 1.807) is 0 Å². The number of nitrogens with two attached hydrogens (primary N) is 2. The van der Waals surface area contributed by atoms with Crippen molar-refractivity contribution in [1.29, 1.82) is 0 Å². The number of benzene rings is 1. The molecule has 0 saturated carbocycles. The second-order valence-corrected chi connectivity index (χ2v) is 5.20. The number of carbonyl (C=O) groups is 1. The highest BCUT2D eigenvalue weighted by Crippen LogP contribution is 2.16. The minimum Gasteiger partial charge on any atom is -0.458 e. The number of hydrogen-bond acceptors (Lipinski definition) is 6. The van der Waals surface area contributed by atoms with E-state index in [2.05, 4.69) is 4.99 Å². The molecule has 0 bridgehead atoms. The Hall–Kier alpha value is -2.68. The summed E-state index contributed by atoms with van der Waals surface area (Å²) in [5.74, 6) is -0.715. The summed E-state index contributed by atoms with van der Waals surface area (Å²) < 4.78 is 5.24. The highest BCUT2D eigenvalue weighted by atomic mass is 16.6. The number of ether oxygens (including phenoxy) is 1. The predicted molar refractivity (Wildman–Crippen MR) is 83.3 cm³/mol. The molecule has 1 heterocycles. The number of hydrogen-bond donors (Lipinski definition) is 2. The van der Waals surface area contributed by atoms with Crippen LogP contribution in [0.3, 0.4) is 0 Å². The molecule has 0 amide bonds. The highest BCUT2D eigenvalue weighted by Gasteiger charge is 2.29. The van der Waals surface area contributed by atoms with Crippen molar-refractivity contribution in [2.24, 2.45) is 16.5 Å². The molecule has 1 aromatic carbocycles. The van der Waals surface area contributed by atoms with E-state index in [0.29, 0.717) is 5.56 Å². The Bertz CT molecular complexity index is 592. The predicted octanol–water partition coefficient (Wildman–Crippen LogP) is 0.333. The number of rotatable bonds is 6. The van der Waals surface area contributed by atoms with E-state index in [-0.39, 0.29) is 18.3 Å². The molecule has 23 heavy (non-hydrogen) atoms. The first kappa shape index (κ1) is 16.7. The molecule has 1 atom stereocenters. The summed E-state index contributed by atoms with van der Waals surface area (Å²) in [6.45, 7) is 1.46. The molecule has 1 aromatic rings. The van der Waals surface area contributed by atoms with Crippen molar-refractivity contribution in [2.45, 2.75) is 25.6 Å². The second-order valence-electron chi connectivity index (χ2n) is 5.20. The van der Waals surface area contributed by atoms with Gasteiger partial charge in [-0.15, -0.1) is 0 Å². The smallest absolute Gasteiger partial charge is 0.346 e. The summed E-state index contributed by atoms with van der Waals surface area (Å²) in [5, 5.41) is 10.6. The van der Waals surface area contributed by atoms with Gasteiger partial charge in [-0.1, -0.05) is 0 Å². The fourth-order valence-corrected chi connectivity index (χ4v) is 2.35. The molecular formula is C14H19N5O4. The molecule has 1 aliphatic rings. The molecule has 1 saturated heterocycles. The summed E-state index contributed by atoms with van der Waals surface area (Å²) in [7, 11) is 0. The number of nitro benzene ring substituents is 1. The molecule has 0 spiro atoms. The highest BCUT2D eigenvalue weighted by molar-refractivity contribution is 5.82. The SMILES string of the molecule is NC(N)=NC(C(=O)OCc1ccc([N+](=O)[O-])cc1)N1CCCC1. The van der Waals surface area contributed by atoms with Crippen molar-refractivity contribution in [2.75, 3.05) is 13.1 Å². The quantitative estimate of drug-likeness (QED) is 0.253. The van der Waals surface area contributed by atoms with Crippen LogP contribution in [0.15, 0.2) is 29.3 Å². The zero-order valence-electron chi connectivity index (χ0n) is 12.6. The first-order valence-electron chi connectivity index (χ1n) is 7.20. The van der Waals surface area contributed by atoms with Gasteiger partial charge in [-0.2, -0.15) is 0 Å². The van der Waals surface area contributed by atoms with Gasteiger partial charge in [-0.25, -0.2) is 9.79 Å². The van der Waals surface area contributed by atoms with E-state index in [9.17, 15) is 14.9 Å². The fourth-order valence-electron chi connectivity index (χ4n) is 2.35. The summed E-state index contributed by atoms with van der Waals surface area (Å²) in [6, 6.07) is 5.79. The van der Waals surface area contributed by atoms with Crippen LogP contribution < -0.4 is 11.5 Å². The van der Waals surface area contributed by atoms with E-state index >= 15 is 0 Å². The zero-order chi connectivity index (χ0) is 16.8. The van der Waals surface area contributed by atoms with Crippen LogP contribution in [0.1, 0.15) is 18.4 Å². The number of likely N-dealkylation sites (tertiary alicyclic amines) is 1. The molecule has 0 aromatic heterocycles. The fraction of sp³-hybridized carbons (Fsp3) is 0.429. The van der Waals surface area contributed by atoms with E-state index in [4.69, 9.17) is 16.2 Å². The maximum atomic E-state index is 12.2. The van der Waals surface area contributed by atoms with Crippen molar-refractivity contribution in [1.82, 2.24) is 4.90 Å². The zero-order valence-corrected chi connectivity index (χ0v) is 12.6. The summed E-state index contributed by atoms with van der Waals surface area (Å²) in [6.07, 6.45) is 1.11. The summed E-state index contributed by atoms with van der Waals surface area (Å²) in [5.41, 5.74) is 11.4. The molecule has 0 aliphatic carbocycles. The Kier molecular flexibility index (Phi) is 5.47. The number of guanidine groups is 1. The van der Waals surface area contributed by atoms with Gasteiger partial charge in [-0.05, 0) is 30.5 Å². The summed E-state index contributed by atoms with van der Waals surface area (Å²) >= 11 is 0. The molecule has 124 valence electrons. The number of carbonyl (C=O) groups excluding carboxylic acids is 1. The number of non-ortho nitro benzene ring substituents is 1. The monoisotopic (exact) mass is 321 g/mol. The number of nitro groups is 1. The average molecular weight is 321 g/mol. The third-order valence-corrected chi connectivity index (χ3v) is 3.50. The number of esters is 1. The molecule has 1 fully saturated rings. The Balaban J connectivity index is 1.98. The Morgan fingerprint density at radius 2 is 1.91 bits per heavy atom. The Labute approximate surface area is 133 Å². The molecule has 4 N–H and O–H groups in total. The number of aliphatic imine (C=N–C) groups is 1. The van der Waals surface area contributed by atoms with Gasteiger partial charge in [0.05, 0.1) is 4.92 Å². The molecule has 0 radical (unpaired) electrons. The first-order valence-corrected chi connectivity index (χ1v) is 7.20. The van der Waals surface area contributed by atoms with E-state index < -0.39 is 17.1 Å². The van der Waals surface area contributed by atoms with Crippen molar-refractivity contribution in [3.63, 3.8) is 0 Å². The minimum atomic E-state index is -0.847. The molecule has 1 aliphatic heterocycles. The Morgan fingerprint density at radius 1 is 1.30 bits per heavy atom. The maximum Gasteiger partial charge on any atom is 0.346 e. The number of nitrogens with zero attached hydrogens (tertiary/aromatic N) is 3. The largest absolute Gasteiger partial charge is 0.458 e. The minimum absolute atomic E-state index is 0.00115. The molecule has 2 rings (SSSR count). The lowest BCUT2D eigenvalue weighted by Crippen LogP contribution is -2.41. The van der Waals surface area contributed by atoms with Gasteiger partial charge in [0.25, 0.3) is 5.69 Å². The molecular weight excluding hydrogens is 302 g/mol. The average Bonchev–Trinajstić information content (AvgIpc) is 3.04. The maximum absolute atomic E-state index is 12.2. The lowest BCUT2D eigenvalue weighted by molar-refractivity contribution is -0.384. The van der Waals surface area contributed by atoms with Crippen LogP contribution in [-0.2, 0) is 16.1 Å². The van der Waals surface area contributed by atoms with Gasteiger partial charge in [-0.3, -0.25) is 15.0 Å². The molecule has 9 nitrogen and oxygen atoms in total. The van der Waals surface area contributed by atoms with Gasteiger partial charge in [0.1, 0.15) is 6.61 Å². The molecule has 9 heteroatoms. The van der Waals surface area contributed by atoms with E-state index in [0.717, 1.165) is 25.9 Å². The van der Waals surface area contributed by atoms with Gasteiger partial charge in [0, 0.05) is 25.2 Å². The van der Waals surface area contributed by atoms with Crippen LogP contribution in [0.2, 0.25) is 0 Å².